The van der Waals surface area contributed by atoms with Crippen LogP contribution in [0.3, 0.4) is 0 Å². The van der Waals surface area contributed by atoms with E-state index in [4.69, 9.17) is 4.74 Å². The number of aryl methyl sites for hydroxylation is 1. The van der Waals surface area contributed by atoms with E-state index in [1.54, 1.807) is 29.1 Å². The van der Waals surface area contributed by atoms with Gasteiger partial charge in [-0.1, -0.05) is 36.4 Å². The third-order valence-electron chi connectivity index (χ3n) is 8.41. The molecule has 0 aliphatic carbocycles. The van der Waals surface area contributed by atoms with Gasteiger partial charge in [0.25, 0.3) is 5.91 Å². The Labute approximate surface area is 268 Å². The zero-order chi connectivity index (χ0) is 32.8. The van der Waals surface area contributed by atoms with E-state index in [0.717, 1.165) is 52.1 Å². The summed E-state index contributed by atoms with van der Waals surface area (Å²) in [5, 5.41) is 25.9. The summed E-state index contributed by atoms with van der Waals surface area (Å²) in [7, 11) is 0. The fourth-order valence-electron chi connectivity index (χ4n) is 5.78. The number of nitrogens with zero attached hydrogens (tertiary/aromatic N) is 3. The number of hydrogen-bond acceptors (Lipinski definition) is 6. The second-order valence-corrected chi connectivity index (χ2v) is 11.8. The minimum atomic E-state index is -1.41. The molecule has 2 amide bonds. The van der Waals surface area contributed by atoms with E-state index in [2.05, 4.69) is 29.5 Å². The van der Waals surface area contributed by atoms with Gasteiger partial charge in [0.2, 0.25) is 5.91 Å². The fourth-order valence-corrected chi connectivity index (χ4v) is 5.78. The second kappa shape index (κ2) is 14.4. The first-order chi connectivity index (χ1) is 22.1. The van der Waals surface area contributed by atoms with Crippen molar-refractivity contribution in [1.29, 1.82) is 0 Å². The summed E-state index contributed by atoms with van der Waals surface area (Å²) in [6.45, 7) is 6.97. The number of carbonyl (C=O) groups excluding carboxylic acids is 2. The first-order valence-electron chi connectivity index (χ1n) is 15.6. The van der Waals surface area contributed by atoms with Gasteiger partial charge in [-0.25, -0.2) is 4.79 Å². The zero-order valence-electron chi connectivity index (χ0n) is 26.4. The number of amides is 2. The maximum absolute atomic E-state index is 13.3. The lowest BCUT2D eigenvalue weighted by molar-refractivity contribution is -0.141. The van der Waals surface area contributed by atoms with Crippen LogP contribution in [0, 0.1) is 13.8 Å². The molecule has 2 heterocycles. The van der Waals surface area contributed by atoms with Crippen molar-refractivity contribution in [2.45, 2.75) is 65.1 Å². The lowest BCUT2D eigenvalue weighted by Crippen LogP contribution is -2.47. The van der Waals surface area contributed by atoms with Gasteiger partial charge in [-0.05, 0) is 92.1 Å². The van der Waals surface area contributed by atoms with Crippen molar-refractivity contribution in [3.05, 3.63) is 101 Å². The Morgan fingerprint density at radius 2 is 1.85 bits per heavy atom. The molecule has 1 aliphatic rings. The molecule has 0 spiro atoms. The van der Waals surface area contributed by atoms with E-state index in [9.17, 15) is 24.6 Å². The Hall–Kier alpha value is -4.96. The monoisotopic (exact) mass is 624 g/mol. The molecular formula is C36H40N4O6. The molecule has 4 aromatic rings. The Balaban J connectivity index is 1.24. The van der Waals surface area contributed by atoms with Crippen molar-refractivity contribution in [3.63, 3.8) is 0 Å². The largest absolute Gasteiger partial charge is 0.493 e. The number of ether oxygens (including phenoxy) is 1. The molecule has 2 atom stereocenters. The molecule has 5 rings (SSSR count). The number of aromatic nitrogens is 2. The van der Waals surface area contributed by atoms with Crippen LogP contribution in [0.2, 0.25) is 0 Å². The van der Waals surface area contributed by atoms with Gasteiger partial charge in [0.05, 0.1) is 25.5 Å². The topological polar surface area (TPSA) is 134 Å². The first-order valence-corrected chi connectivity index (χ1v) is 15.6. The lowest BCUT2D eigenvalue weighted by Gasteiger charge is -2.31. The molecule has 0 saturated carbocycles. The molecule has 46 heavy (non-hydrogen) atoms. The van der Waals surface area contributed by atoms with Crippen LogP contribution in [0.15, 0.2) is 73.1 Å². The summed E-state index contributed by atoms with van der Waals surface area (Å²) in [5.41, 5.74) is 7.42. The van der Waals surface area contributed by atoms with Crippen molar-refractivity contribution in [2.75, 3.05) is 18.1 Å². The second-order valence-electron chi connectivity index (χ2n) is 11.8. The van der Waals surface area contributed by atoms with Gasteiger partial charge in [0, 0.05) is 36.0 Å². The third kappa shape index (κ3) is 7.46. The van der Waals surface area contributed by atoms with Gasteiger partial charge in [0.15, 0.2) is 6.04 Å². The van der Waals surface area contributed by atoms with Crippen molar-refractivity contribution >= 4 is 23.5 Å². The number of aliphatic hydroxyl groups excluding tert-OH is 1. The van der Waals surface area contributed by atoms with Crippen molar-refractivity contribution in [2.24, 2.45) is 0 Å². The van der Waals surface area contributed by atoms with Gasteiger partial charge in [0.1, 0.15) is 5.75 Å². The number of carboxylic acids is 1. The van der Waals surface area contributed by atoms with Crippen LogP contribution < -0.4 is 15.0 Å². The molecule has 0 bridgehead atoms. The number of anilines is 1. The quantitative estimate of drug-likeness (QED) is 0.191. The predicted octanol–water partition coefficient (Wildman–Crippen LogP) is 4.92. The maximum atomic E-state index is 13.3. The third-order valence-corrected chi connectivity index (χ3v) is 8.41. The summed E-state index contributed by atoms with van der Waals surface area (Å²) < 4.78 is 7.75. The smallest absolute Gasteiger partial charge is 0.328 e. The van der Waals surface area contributed by atoms with Crippen LogP contribution in [0.25, 0.3) is 11.1 Å². The van der Waals surface area contributed by atoms with Crippen molar-refractivity contribution < 1.29 is 29.3 Å². The van der Waals surface area contributed by atoms with E-state index < -0.39 is 24.0 Å². The first kappa shape index (κ1) is 32.4. The van der Waals surface area contributed by atoms with Crippen LogP contribution in [-0.4, -0.2) is 63.1 Å². The van der Waals surface area contributed by atoms with E-state index in [0.29, 0.717) is 32.5 Å². The molecule has 0 fully saturated rings. The maximum Gasteiger partial charge on any atom is 0.328 e. The SMILES string of the molecule is Cc1cccc(OCCCC(=O)N2CCCc3c(-c4cnn(Cc5cccc(C(=O)N[C@@H](C(=O)O)[C@H](C)O)c5)c4)cccc32)c1C. The van der Waals surface area contributed by atoms with Crippen molar-refractivity contribution in [1.82, 2.24) is 15.1 Å². The Kier molecular flexibility index (Phi) is 10.2. The van der Waals surface area contributed by atoms with E-state index in [1.165, 1.54) is 12.5 Å². The summed E-state index contributed by atoms with van der Waals surface area (Å²) in [4.78, 5) is 39.3. The number of hydrogen-bond donors (Lipinski definition) is 3. The number of aliphatic carboxylic acids is 1. The number of fused-ring (bicyclic) bond motifs is 1. The fraction of sp³-hybridized carbons (Fsp3) is 0.333. The average Bonchev–Trinajstić information content (AvgIpc) is 3.50. The summed E-state index contributed by atoms with van der Waals surface area (Å²) >= 11 is 0. The number of nitrogens with one attached hydrogen (secondary N) is 1. The Morgan fingerprint density at radius 3 is 2.63 bits per heavy atom. The van der Waals surface area contributed by atoms with Gasteiger partial charge in [-0.2, -0.15) is 5.10 Å². The van der Waals surface area contributed by atoms with E-state index in [-0.39, 0.29) is 11.5 Å². The highest BCUT2D eigenvalue weighted by Gasteiger charge is 2.26. The van der Waals surface area contributed by atoms with Crippen LogP contribution in [0.1, 0.15) is 58.8 Å². The number of carboxylic acid groups (broad SMARTS) is 1. The van der Waals surface area contributed by atoms with E-state index >= 15 is 0 Å². The highest BCUT2D eigenvalue weighted by Crippen LogP contribution is 2.36. The number of carbonyl (C=O) groups is 3. The highest BCUT2D eigenvalue weighted by atomic mass is 16.5. The van der Waals surface area contributed by atoms with Crippen LogP contribution in [0.5, 0.6) is 5.75 Å². The summed E-state index contributed by atoms with van der Waals surface area (Å²) in [6.07, 6.45) is 5.27. The van der Waals surface area contributed by atoms with E-state index in [1.807, 2.05) is 48.4 Å². The molecule has 0 unspecified atom stereocenters. The molecule has 240 valence electrons. The average molecular weight is 625 g/mol. The summed E-state index contributed by atoms with van der Waals surface area (Å²) in [6, 6.07) is 17.5. The Bertz CT molecular complexity index is 1730. The highest BCUT2D eigenvalue weighted by molar-refractivity contribution is 5.97. The minimum absolute atomic E-state index is 0.0883. The van der Waals surface area contributed by atoms with Gasteiger partial charge >= 0.3 is 5.97 Å². The standard InChI is InChI=1S/C36H40N4O6/c1-23-9-4-15-32(24(23)2)46-18-8-16-33(42)40-17-7-13-30-29(12-6-14-31(30)40)28-20-37-39(22-28)21-26-10-5-11-27(19-26)35(43)38-34(25(3)41)36(44)45/h4-6,9-12,14-15,19-20,22,25,34,41H,7-8,13,16-18,21H2,1-3H3,(H,38,43)(H,44,45)/t25-,34+/m0/s1. The van der Waals surface area contributed by atoms with Crippen molar-refractivity contribution in [3.8, 4) is 16.9 Å². The molecule has 3 aromatic carbocycles. The number of rotatable bonds is 12. The predicted molar refractivity (Wildman–Crippen MR) is 175 cm³/mol. The van der Waals surface area contributed by atoms with Crippen LogP contribution in [0.4, 0.5) is 5.69 Å². The summed E-state index contributed by atoms with van der Waals surface area (Å²) in [5.74, 6) is -0.941. The van der Waals surface area contributed by atoms with Gasteiger partial charge in [-0.15, -0.1) is 0 Å². The molecule has 0 saturated heterocycles. The van der Waals surface area contributed by atoms with Gasteiger partial charge in [-0.3, -0.25) is 14.3 Å². The molecule has 10 nitrogen and oxygen atoms in total. The molecule has 0 radical (unpaired) electrons. The normalized spacial score (nSPS) is 13.9. The molecule has 3 N–H and O–H groups in total. The molecule has 10 heteroatoms. The Morgan fingerprint density at radius 1 is 1.07 bits per heavy atom. The number of aliphatic hydroxyl groups is 1. The van der Waals surface area contributed by atoms with Crippen LogP contribution >= 0.6 is 0 Å². The molecular weight excluding hydrogens is 584 g/mol. The molecule has 1 aromatic heterocycles. The zero-order valence-corrected chi connectivity index (χ0v) is 26.4. The minimum Gasteiger partial charge on any atom is -0.493 e. The van der Waals surface area contributed by atoms with Gasteiger partial charge < -0.3 is 25.2 Å². The van der Waals surface area contributed by atoms with Crippen LogP contribution in [-0.2, 0) is 22.6 Å². The number of benzene rings is 3. The lowest BCUT2D eigenvalue weighted by atomic mass is 9.93. The molecule has 1 aliphatic heterocycles.